The van der Waals surface area contributed by atoms with E-state index in [4.69, 9.17) is 0 Å². The zero-order valence-electron chi connectivity index (χ0n) is 29.6. The van der Waals surface area contributed by atoms with Crippen molar-refractivity contribution in [2.24, 2.45) is 11.8 Å². The van der Waals surface area contributed by atoms with Crippen LogP contribution in [0.3, 0.4) is 0 Å². The summed E-state index contributed by atoms with van der Waals surface area (Å²) in [7, 11) is -3.88. The molecule has 0 aromatic heterocycles. The Balaban J connectivity index is 1.62. The highest BCUT2D eigenvalue weighted by molar-refractivity contribution is 7.92. The molecule has 2 aromatic rings. The SMILES string of the molecule is CC(C)(C)NC(=O)C1C[C@@H]2CCCC[C@@H]2CN1CC(O)C(Cc1ccccc1)NC(=O)[C@@H](NCc1c(F)cccc1F)C(C)(C)S(C)(=O)=O. The fraction of sp³-hybridized carbons (Fsp3) is 0.622. The van der Waals surface area contributed by atoms with Gasteiger partial charge in [0, 0.05) is 37.0 Å². The zero-order valence-corrected chi connectivity index (χ0v) is 30.5. The highest BCUT2D eigenvalue weighted by atomic mass is 32.2. The van der Waals surface area contributed by atoms with E-state index in [1.54, 1.807) is 0 Å². The molecule has 6 atom stereocenters. The van der Waals surface area contributed by atoms with Gasteiger partial charge in [-0.15, -0.1) is 0 Å². The lowest BCUT2D eigenvalue weighted by molar-refractivity contribution is -0.133. The largest absolute Gasteiger partial charge is 0.390 e. The van der Waals surface area contributed by atoms with E-state index in [1.165, 1.54) is 19.9 Å². The number of sulfone groups is 1. The number of carbonyl (C=O) groups is 2. The lowest BCUT2D eigenvalue weighted by atomic mass is 9.72. The summed E-state index contributed by atoms with van der Waals surface area (Å²) in [5.74, 6) is -1.64. The van der Waals surface area contributed by atoms with E-state index >= 15 is 0 Å². The Morgan fingerprint density at radius 1 is 0.959 bits per heavy atom. The summed E-state index contributed by atoms with van der Waals surface area (Å²) in [4.78, 5) is 29.8. The summed E-state index contributed by atoms with van der Waals surface area (Å²) in [6.07, 6.45) is 5.19. The molecular weight excluding hydrogens is 650 g/mol. The van der Waals surface area contributed by atoms with Crippen LogP contribution in [0.2, 0.25) is 0 Å². The number of rotatable bonds is 13. The maximum atomic E-state index is 14.5. The first-order valence-corrected chi connectivity index (χ1v) is 19.2. The van der Waals surface area contributed by atoms with Crippen LogP contribution < -0.4 is 16.0 Å². The Morgan fingerprint density at radius 2 is 1.57 bits per heavy atom. The highest BCUT2D eigenvalue weighted by Crippen LogP contribution is 2.39. The molecule has 2 aromatic carbocycles. The number of β-amino-alcohol motifs (C(OH)–C–C–N with tert-alkyl or cyclic N) is 1. The summed E-state index contributed by atoms with van der Waals surface area (Å²) in [6.45, 7) is 8.88. The van der Waals surface area contributed by atoms with Crippen molar-refractivity contribution in [1.29, 1.82) is 0 Å². The highest BCUT2D eigenvalue weighted by Gasteiger charge is 2.45. The third-order valence-corrected chi connectivity index (χ3v) is 12.4. The molecule has 49 heavy (non-hydrogen) atoms. The van der Waals surface area contributed by atoms with Crippen LogP contribution >= 0.6 is 0 Å². The van der Waals surface area contributed by atoms with Gasteiger partial charge in [0.25, 0.3) is 0 Å². The van der Waals surface area contributed by atoms with Gasteiger partial charge in [0.15, 0.2) is 9.84 Å². The molecule has 1 aliphatic heterocycles. The number of nitrogens with one attached hydrogen (secondary N) is 3. The molecule has 3 unspecified atom stereocenters. The van der Waals surface area contributed by atoms with Crippen molar-refractivity contribution in [2.45, 2.75) is 114 Å². The van der Waals surface area contributed by atoms with Gasteiger partial charge in [-0.1, -0.05) is 55.7 Å². The number of hydrogen-bond acceptors (Lipinski definition) is 7. The number of fused-ring (bicyclic) bond motifs is 1. The van der Waals surface area contributed by atoms with Gasteiger partial charge in [0.2, 0.25) is 11.8 Å². The number of amides is 2. The second-order valence-electron chi connectivity index (χ2n) is 15.5. The molecule has 1 saturated heterocycles. The van der Waals surface area contributed by atoms with Crippen molar-refractivity contribution < 1.29 is 31.9 Å². The molecule has 2 aliphatic rings. The molecule has 0 bridgehead atoms. The molecule has 1 saturated carbocycles. The van der Waals surface area contributed by atoms with Gasteiger partial charge in [-0.25, -0.2) is 17.2 Å². The Hall–Kier alpha value is -2.93. The Bertz CT molecular complexity index is 1530. The first-order valence-electron chi connectivity index (χ1n) is 17.3. The minimum atomic E-state index is -3.88. The van der Waals surface area contributed by atoms with Crippen LogP contribution in [-0.4, -0.2) is 84.1 Å². The molecule has 1 heterocycles. The number of halogens is 2. The molecule has 1 aliphatic carbocycles. The summed E-state index contributed by atoms with van der Waals surface area (Å²) >= 11 is 0. The second kappa shape index (κ2) is 16.0. The van der Waals surface area contributed by atoms with Gasteiger partial charge < -0.3 is 21.1 Å². The number of carbonyl (C=O) groups excluding carboxylic acids is 2. The van der Waals surface area contributed by atoms with Crippen molar-refractivity contribution in [3.8, 4) is 0 Å². The van der Waals surface area contributed by atoms with Crippen molar-refractivity contribution in [1.82, 2.24) is 20.9 Å². The van der Waals surface area contributed by atoms with E-state index in [0.29, 0.717) is 24.8 Å². The van der Waals surface area contributed by atoms with Crippen molar-refractivity contribution in [3.63, 3.8) is 0 Å². The van der Waals surface area contributed by atoms with Crippen LogP contribution in [0.5, 0.6) is 0 Å². The van der Waals surface area contributed by atoms with Crippen LogP contribution in [0.15, 0.2) is 48.5 Å². The Morgan fingerprint density at radius 3 is 2.16 bits per heavy atom. The van der Waals surface area contributed by atoms with Gasteiger partial charge >= 0.3 is 0 Å². The molecule has 12 heteroatoms. The fourth-order valence-corrected chi connectivity index (χ4v) is 7.80. The quantitative estimate of drug-likeness (QED) is 0.247. The lowest BCUT2D eigenvalue weighted by Gasteiger charge is -2.47. The van der Waals surface area contributed by atoms with Gasteiger partial charge in [0.1, 0.15) is 17.7 Å². The van der Waals surface area contributed by atoms with Crippen molar-refractivity contribution in [2.75, 3.05) is 19.3 Å². The van der Waals surface area contributed by atoms with Crippen LogP contribution in [0.4, 0.5) is 8.78 Å². The average molecular weight is 705 g/mol. The third-order valence-electron chi connectivity index (χ3n) is 10.3. The smallest absolute Gasteiger partial charge is 0.239 e. The first kappa shape index (κ1) is 38.9. The van der Waals surface area contributed by atoms with Crippen LogP contribution in [-0.2, 0) is 32.4 Å². The third kappa shape index (κ3) is 10.1. The first-order chi connectivity index (χ1) is 22.9. The van der Waals surface area contributed by atoms with E-state index in [9.17, 15) is 31.9 Å². The van der Waals surface area contributed by atoms with E-state index in [1.807, 2.05) is 56.0 Å². The minimum Gasteiger partial charge on any atom is -0.390 e. The van der Waals surface area contributed by atoms with Crippen LogP contribution in [0, 0.1) is 23.5 Å². The number of benzene rings is 2. The normalized spacial score (nSPS) is 22.4. The number of nitrogens with zero attached hydrogens (tertiary/aromatic N) is 1. The van der Waals surface area contributed by atoms with Gasteiger partial charge in [-0.3, -0.25) is 14.5 Å². The number of likely N-dealkylation sites (tertiary alicyclic amines) is 1. The predicted molar refractivity (Wildman–Crippen MR) is 187 cm³/mol. The molecular formula is C37H54F2N4O5S. The lowest BCUT2D eigenvalue weighted by Crippen LogP contribution is -2.63. The van der Waals surface area contributed by atoms with Gasteiger partial charge in [-0.05, 0) is 83.4 Å². The minimum absolute atomic E-state index is 0.0908. The standard InChI is InChI=1S/C37H54F2N4O5S/c1-36(2,3)42-34(45)31-20-25-15-10-11-16-26(25)22-43(31)23-32(44)30(19-24-13-8-7-9-14-24)41-35(46)33(37(4,5)49(6,47)48)40-21-27-28(38)17-12-18-29(27)39/h7-9,12-14,17-18,25-26,30-33,40,44H,10-11,15-16,19-23H2,1-6H3,(H,41,46)(H,42,45)/t25-,26+,30?,31?,32?,33+/m0/s1. The van der Waals surface area contributed by atoms with E-state index in [0.717, 1.165) is 49.6 Å². The van der Waals surface area contributed by atoms with Crippen molar-refractivity contribution >= 4 is 21.7 Å². The molecule has 4 rings (SSSR count). The predicted octanol–water partition coefficient (Wildman–Crippen LogP) is 4.13. The summed E-state index contributed by atoms with van der Waals surface area (Å²) < 4.78 is 53.3. The monoisotopic (exact) mass is 704 g/mol. The number of aliphatic hydroxyl groups excluding tert-OH is 1. The Labute approximate surface area is 290 Å². The average Bonchev–Trinajstić information content (AvgIpc) is 3.00. The molecule has 2 amide bonds. The molecule has 4 N–H and O–H groups in total. The second-order valence-corrected chi connectivity index (χ2v) is 18.1. The van der Waals surface area contributed by atoms with E-state index < -0.39 is 68.4 Å². The van der Waals surface area contributed by atoms with Gasteiger partial charge in [-0.2, -0.15) is 0 Å². The maximum absolute atomic E-state index is 14.5. The Kier molecular flexibility index (Phi) is 12.7. The van der Waals surface area contributed by atoms with E-state index in [-0.39, 0.29) is 24.4 Å². The van der Waals surface area contributed by atoms with Crippen LogP contribution in [0.1, 0.15) is 77.8 Å². The topological polar surface area (TPSA) is 128 Å². The van der Waals surface area contributed by atoms with Crippen LogP contribution in [0.25, 0.3) is 0 Å². The molecule has 0 radical (unpaired) electrons. The number of hydrogen-bond donors (Lipinski definition) is 4. The van der Waals surface area contributed by atoms with Crippen molar-refractivity contribution in [3.05, 3.63) is 71.3 Å². The molecule has 2 fully saturated rings. The molecule has 272 valence electrons. The zero-order chi connectivity index (χ0) is 36.1. The maximum Gasteiger partial charge on any atom is 0.239 e. The van der Waals surface area contributed by atoms with Gasteiger partial charge in [0.05, 0.1) is 22.9 Å². The fourth-order valence-electron chi connectivity index (χ4n) is 7.19. The number of piperidine rings is 1. The summed E-state index contributed by atoms with van der Waals surface area (Å²) in [5.41, 5.74) is 0.0746. The number of aliphatic hydroxyl groups is 1. The molecule has 0 spiro atoms. The summed E-state index contributed by atoms with van der Waals surface area (Å²) in [6, 6.07) is 9.94. The summed E-state index contributed by atoms with van der Waals surface area (Å²) in [5, 5.41) is 20.7. The van der Waals surface area contributed by atoms with E-state index in [2.05, 4.69) is 16.0 Å². The molecule has 9 nitrogen and oxygen atoms in total.